The molecule has 1 aromatic carbocycles. The number of hydrogen-bond donors (Lipinski definition) is 3. The lowest BCUT2D eigenvalue weighted by atomic mass is 10.2. The number of carbonyl (C=O) groups excluding carboxylic acids is 1. The van der Waals surface area contributed by atoms with Crippen LogP contribution in [0.3, 0.4) is 0 Å². The van der Waals surface area contributed by atoms with Crippen molar-refractivity contribution in [3.05, 3.63) is 54.4 Å². The average molecular weight is 277 g/mol. The fraction of sp³-hybridized carbons (Fsp3) is 0. The largest absolute Gasteiger partial charge is 0.351 e. The van der Waals surface area contributed by atoms with Crippen molar-refractivity contribution in [3.8, 4) is 0 Å². The molecule has 0 atom stereocenters. The summed E-state index contributed by atoms with van der Waals surface area (Å²) in [5.41, 5.74) is 2.01. The first-order valence-electron chi connectivity index (χ1n) is 6.49. The molecular weight excluding hydrogens is 266 g/mol. The molecule has 3 N–H and O–H groups in total. The monoisotopic (exact) mass is 277 g/mol. The molecule has 102 valence electrons. The number of benzene rings is 1. The van der Waals surface area contributed by atoms with Crippen LogP contribution in [-0.2, 0) is 0 Å². The minimum atomic E-state index is -0.222. The lowest BCUT2D eigenvalue weighted by molar-refractivity contribution is 0.102. The van der Waals surface area contributed by atoms with E-state index in [-0.39, 0.29) is 5.91 Å². The number of nitrogens with zero attached hydrogens (tertiary/aromatic N) is 2. The summed E-state index contributed by atoms with van der Waals surface area (Å²) in [6.45, 7) is 0. The van der Waals surface area contributed by atoms with Gasteiger partial charge in [0.1, 0.15) is 11.5 Å². The predicted octanol–water partition coefficient (Wildman–Crippen LogP) is 2.69. The van der Waals surface area contributed by atoms with Gasteiger partial charge in [0, 0.05) is 17.1 Å². The van der Waals surface area contributed by atoms with Crippen molar-refractivity contribution in [2.24, 2.45) is 0 Å². The van der Waals surface area contributed by atoms with Gasteiger partial charge in [0.05, 0.1) is 5.39 Å². The molecule has 6 heteroatoms. The van der Waals surface area contributed by atoms with Crippen LogP contribution in [0, 0.1) is 0 Å². The highest BCUT2D eigenvalue weighted by Gasteiger charge is 2.13. The Bertz CT molecular complexity index is 920. The number of rotatable bonds is 2. The van der Waals surface area contributed by atoms with E-state index in [1.165, 1.54) is 0 Å². The van der Waals surface area contributed by atoms with Gasteiger partial charge >= 0.3 is 0 Å². The molecule has 0 saturated carbocycles. The lowest BCUT2D eigenvalue weighted by Crippen LogP contribution is -2.12. The van der Waals surface area contributed by atoms with E-state index in [1.54, 1.807) is 12.3 Å². The molecule has 6 nitrogen and oxygen atoms in total. The van der Waals surface area contributed by atoms with Gasteiger partial charge in [0.25, 0.3) is 5.91 Å². The Morgan fingerprint density at radius 1 is 1.14 bits per heavy atom. The van der Waals surface area contributed by atoms with Crippen LogP contribution in [0.15, 0.2) is 48.7 Å². The molecule has 0 bridgehead atoms. The van der Waals surface area contributed by atoms with Gasteiger partial charge < -0.3 is 10.3 Å². The SMILES string of the molecule is O=C(Nc1[nH]nc2ncccc12)c1cc2ccccc2[nH]1. The molecule has 0 unspecified atom stereocenters. The Kier molecular flexibility index (Phi) is 2.47. The number of fused-ring (bicyclic) bond motifs is 2. The third-order valence-electron chi connectivity index (χ3n) is 3.34. The van der Waals surface area contributed by atoms with Gasteiger partial charge in [-0.3, -0.25) is 9.89 Å². The van der Waals surface area contributed by atoms with E-state index in [9.17, 15) is 4.79 Å². The molecule has 3 heterocycles. The van der Waals surface area contributed by atoms with Crippen LogP contribution in [-0.4, -0.2) is 26.1 Å². The molecule has 0 aliphatic rings. The molecule has 0 spiro atoms. The summed E-state index contributed by atoms with van der Waals surface area (Å²) in [5, 5.41) is 11.4. The van der Waals surface area contributed by atoms with Crippen LogP contribution in [0.4, 0.5) is 5.82 Å². The summed E-state index contributed by atoms with van der Waals surface area (Å²) in [6, 6.07) is 13.2. The van der Waals surface area contributed by atoms with Crippen molar-refractivity contribution in [2.75, 3.05) is 5.32 Å². The van der Waals surface area contributed by atoms with Gasteiger partial charge in [0.15, 0.2) is 5.65 Å². The second-order valence-corrected chi connectivity index (χ2v) is 4.70. The maximum Gasteiger partial charge on any atom is 0.273 e. The highest BCUT2D eigenvalue weighted by molar-refractivity contribution is 6.08. The zero-order chi connectivity index (χ0) is 14.2. The fourth-order valence-electron chi connectivity index (χ4n) is 2.32. The lowest BCUT2D eigenvalue weighted by Gasteiger charge is -2.00. The number of amides is 1. The molecule has 21 heavy (non-hydrogen) atoms. The third kappa shape index (κ3) is 1.93. The molecule has 0 saturated heterocycles. The second kappa shape index (κ2) is 4.45. The number of para-hydroxylation sites is 1. The summed E-state index contributed by atoms with van der Waals surface area (Å²) in [5.74, 6) is 0.322. The Labute approximate surface area is 119 Å². The van der Waals surface area contributed by atoms with Crippen molar-refractivity contribution in [1.29, 1.82) is 0 Å². The molecule has 0 radical (unpaired) electrons. The van der Waals surface area contributed by atoms with Crippen LogP contribution >= 0.6 is 0 Å². The summed E-state index contributed by atoms with van der Waals surface area (Å²) >= 11 is 0. The zero-order valence-electron chi connectivity index (χ0n) is 10.9. The van der Waals surface area contributed by atoms with Crippen molar-refractivity contribution >= 4 is 33.7 Å². The van der Waals surface area contributed by atoms with Crippen LogP contribution in [0.25, 0.3) is 21.9 Å². The number of anilines is 1. The quantitative estimate of drug-likeness (QED) is 0.526. The Morgan fingerprint density at radius 2 is 2.05 bits per heavy atom. The molecule has 4 rings (SSSR count). The summed E-state index contributed by atoms with van der Waals surface area (Å²) in [6.07, 6.45) is 1.66. The maximum absolute atomic E-state index is 12.3. The predicted molar refractivity (Wildman–Crippen MR) is 80.1 cm³/mol. The van der Waals surface area contributed by atoms with Gasteiger partial charge in [-0.2, -0.15) is 5.10 Å². The van der Waals surface area contributed by atoms with E-state index >= 15 is 0 Å². The van der Waals surface area contributed by atoms with E-state index in [4.69, 9.17) is 0 Å². The first kappa shape index (κ1) is 11.7. The summed E-state index contributed by atoms with van der Waals surface area (Å²) in [7, 11) is 0. The fourth-order valence-corrected chi connectivity index (χ4v) is 2.32. The Hall–Kier alpha value is -3.15. The zero-order valence-corrected chi connectivity index (χ0v) is 10.9. The molecule has 1 amide bonds. The van der Waals surface area contributed by atoms with Gasteiger partial charge in [-0.25, -0.2) is 4.98 Å². The number of aromatic nitrogens is 4. The highest BCUT2D eigenvalue weighted by atomic mass is 16.2. The number of pyridine rings is 1. The van der Waals surface area contributed by atoms with Crippen molar-refractivity contribution < 1.29 is 4.79 Å². The Balaban J connectivity index is 1.69. The third-order valence-corrected chi connectivity index (χ3v) is 3.34. The molecule has 0 fully saturated rings. The van der Waals surface area contributed by atoms with E-state index in [2.05, 4.69) is 25.5 Å². The molecule has 4 aromatic rings. The van der Waals surface area contributed by atoms with Crippen LogP contribution < -0.4 is 5.32 Å². The van der Waals surface area contributed by atoms with Gasteiger partial charge in [-0.05, 0) is 24.3 Å². The first-order valence-corrected chi connectivity index (χ1v) is 6.49. The van der Waals surface area contributed by atoms with E-state index in [0.29, 0.717) is 17.2 Å². The summed E-state index contributed by atoms with van der Waals surface area (Å²) in [4.78, 5) is 19.5. The van der Waals surface area contributed by atoms with Crippen LogP contribution in [0.1, 0.15) is 10.5 Å². The van der Waals surface area contributed by atoms with Gasteiger partial charge in [-0.1, -0.05) is 18.2 Å². The van der Waals surface area contributed by atoms with Crippen LogP contribution in [0.5, 0.6) is 0 Å². The number of nitrogens with one attached hydrogen (secondary N) is 3. The van der Waals surface area contributed by atoms with E-state index < -0.39 is 0 Å². The second-order valence-electron chi connectivity index (χ2n) is 4.70. The number of hydrogen-bond acceptors (Lipinski definition) is 3. The summed E-state index contributed by atoms with van der Waals surface area (Å²) < 4.78 is 0. The normalized spacial score (nSPS) is 11.0. The molecular formula is C15H11N5O. The first-order chi connectivity index (χ1) is 10.3. The number of H-pyrrole nitrogens is 2. The maximum atomic E-state index is 12.3. The topological polar surface area (TPSA) is 86.5 Å². The van der Waals surface area contributed by atoms with Crippen LogP contribution in [0.2, 0.25) is 0 Å². The standard InChI is InChI=1S/C15H11N5O/c21-15(12-8-9-4-1-2-6-11(9)17-12)18-14-10-5-3-7-16-13(10)19-20-14/h1-8,17H,(H2,16,18,19,20,21). The minimum Gasteiger partial charge on any atom is -0.351 e. The average Bonchev–Trinajstić information content (AvgIpc) is 3.11. The number of aromatic amines is 2. The molecule has 0 aliphatic carbocycles. The van der Waals surface area contributed by atoms with E-state index in [0.717, 1.165) is 16.3 Å². The van der Waals surface area contributed by atoms with Crippen molar-refractivity contribution in [1.82, 2.24) is 20.2 Å². The van der Waals surface area contributed by atoms with Crippen molar-refractivity contribution in [3.63, 3.8) is 0 Å². The Morgan fingerprint density at radius 3 is 2.95 bits per heavy atom. The van der Waals surface area contributed by atoms with Gasteiger partial charge in [0.2, 0.25) is 0 Å². The van der Waals surface area contributed by atoms with Gasteiger partial charge in [-0.15, -0.1) is 0 Å². The highest BCUT2D eigenvalue weighted by Crippen LogP contribution is 2.20. The van der Waals surface area contributed by atoms with E-state index in [1.807, 2.05) is 36.4 Å². The van der Waals surface area contributed by atoms with Crippen molar-refractivity contribution in [2.45, 2.75) is 0 Å². The molecule has 3 aromatic heterocycles. The molecule has 0 aliphatic heterocycles. The number of carbonyl (C=O) groups is 1. The minimum absolute atomic E-state index is 0.222. The smallest absolute Gasteiger partial charge is 0.273 e.